The Balaban J connectivity index is 1.90. The van der Waals surface area contributed by atoms with Gasteiger partial charge < -0.3 is 15.5 Å². The van der Waals surface area contributed by atoms with E-state index in [1.54, 1.807) is 0 Å². The number of para-hydroxylation sites is 1. The molecule has 0 radical (unpaired) electrons. The molecule has 2 rings (SSSR count). The van der Waals surface area contributed by atoms with Crippen LogP contribution in [0.3, 0.4) is 0 Å². The van der Waals surface area contributed by atoms with Crippen LogP contribution >= 0.6 is 0 Å². The SMILES string of the molecule is CCc1cccc(C)c1NC(=O)NCCN(CC)c1cccc(C)c1. The van der Waals surface area contributed by atoms with Crippen LogP contribution in [0.5, 0.6) is 0 Å². The summed E-state index contributed by atoms with van der Waals surface area (Å²) in [5.41, 5.74) is 5.60. The Bertz CT molecular complexity index is 712. The molecule has 4 nitrogen and oxygen atoms in total. The van der Waals surface area contributed by atoms with Gasteiger partial charge in [-0.2, -0.15) is 0 Å². The molecule has 0 aromatic heterocycles. The zero-order chi connectivity index (χ0) is 18.2. The first-order valence-electron chi connectivity index (χ1n) is 9.00. The van der Waals surface area contributed by atoms with Gasteiger partial charge in [-0.1, -0.05) is 37.3 Å². The van der Waals surface area contributed by atoms with Crippen molar-refractivity contribution in [3.8, 4) is 0 Å². The number of nitrogens with one attached hydrogen (secondary N) is 2. The largest absolute Gasteiger partial charge is 0.370 e. The van der Waals surface area contributed by atoms with Crippen molar-refractivity contribution in [1.82, 2.24) is 5.32 Å². The van der Waals surface area contributed by atoms with Gasteiger partial charge in [0, 0.05) is 31.0 Å². The summed E-state index contributed by atoms with van der Waals surface area (Å²) in [5, 5.41) is 5.97. The van der Waals surface area contributed by atoms with Crippen LogP contribution in [0, 0.1) is 13.8 Å². The number of carbonyl (C=O) groups is 1. The van der Waals surface area contributed by atoms with Crippen molar-refractivity contribution in [2.45, 2.75) is 34.1 Å². The van der Waals surface area contributed by atoms with Crippen LogP contribution < -0.4 is 15.5 Å². The van der Waals surface area contributed by atoms with E-state index in [-0.39, 0.29) is 6.03 Å². The highest BCUT2D eigenvalue weighted by Gasteiger charge is 2.09. The molecule has 0 heterocycles. The van der Waals surface area contributed by atoms with E-state index in [1.165, 1.54) is 11.3 Å². The minimum Gasteiger partial charge on any atom is -0.370 e. The first kappa shape index (κ1) is 18.8. The number of anilines is 2. The molecule has 2 N–H and O–H groups in total. The summed E-state index contributed by atoms with van der Waals surface area (Å²) >= 11 is 0. The second-order valence-electron chi connectivity index (χ2n) is 6.26. The normalized spacial score (nSPS) is 10.4. The molecule has 2 aromatic rings. The van der Waals surface area contributed by atoms with Crippen LogP contribution in [0.2, 0.25) is 0 Å². The van der Waals surface area contributed by atoms with Gasteiger partial charge in [0.15, 0.2) is 0 Å². The number of hydrogen-bond acceptors (Lipinski definition) is 2. The fourth-order valence-corrected chi connectivity index (χ4v) is 2.96. The van der Waals surface area contributed by atoms with Gasteiger partial charge in [-0.25, -0.2) is 4.79 Å². The molecule has 0 aliphatic carbocycles. The second-order valence-corrected chi connectivity index (χ2v) is 6.26. The average Bonchev–Trinajstić information content (AvgIpc) is 2.60. The standard InChI is InChI=1S/C21H29N3O/c1-5-18-11-8-10-17(4)20(18)23-21(25)22-13-14-24(6-2)19-12-7-9-16(3)15-19/h7-12,15H,5-6,13-14H2,1-4H3,(H2,22,23,25). The van der Waals surface area contributed by atoms with E-state index in [1.807, 2.05) is 19.1 Å². The third-order valence-corrected chi connectivity index (χ3v) is 4.39. The van der Waals surface area contributed by atoms with Gasteiger partial charge in [0.1, 0.15) is 0 Å². The van der Waals surface area contributed by atoms with Crippen molar-refractivity contribution in [2.24, 2.45) is 0 Å². The fraction of sp³-hybridized carbons (Fsp3) is 0.381. The first-order valence-corrected chi connectivity index (χ1v) is 9.00. The van der Waals surface area contributed by atoms with Crippen molar-refractivity contribution < 1.29 is 4.79 Å². The third-order valence-electron chi connectivity index (χ3n) is 4.39. The van der Waals surface area contributed by atoms with E-state index in [0.29, 0.717) is 6.54 Å². The van der Waals surface area contributed by atoms with E-state index >= 15 is 0 Å². The number of hydrogen-bond donors (Lipinski definition) is 2. The minimum absolute atomic E-state index is 0.149. The summed E-state index contributed by atoms with van der Waals surface area (Å²) < 4.78 is 0. The Morgan fingerprint density at radius 1 is 1.08 bits per heavy atom. The van der Waals surface area contributed by atoms with Crippen LogP contribution in [0.25, 0.3) is 0 Å². The Labute approximate surface area is 151 Å². The quantitative estimate of drug-likeness (QED) is 0.779. The molecule has 2 amide bonds. The van der Waals surface area contributed by atoms with Gasteiger partial charge in [0.05, 0.1) is 0 Å². The van der Waals surface area contributed by atoms with E-state index in [0.717, 1.165) is 36.3 Å². The lowest BCUT2D eigenvalue weighted by atomic mass is 10.1. The number of aryl methyl sites for hydroxylation is 3. The van der Waals surface area contributed by atoms with Crippen molar-refractivity contribution in [3.05, 3.63) is 59.2 Å². The molecule has 134 valence electrons. The van der Waals surface area contributed by atoms with Crippen molar-refractivity contribution >= 4 is 17.4 Å². The maximum absolute atomic E-state index is 12.3. The smallest absolute Gasteiger partial charge is 0.319 e. The minimum atomic E-state index is -0.149. The molecule has 0 saturated heterocycles. The number of benzene rings is 2. The molecular weight excluding hydrogens is 310 g/mol. The maximum atomic E-state index is 12.3. The second kappa shape index (κ2) is 9.11. The molecule has 0 atom stereocenters. The first-order chi connectivity index (χ1) is 12.0. The van der Waals surface area contributed by atoms with E-state index in [4.69, 9.17) is 0 Å². The van der Waals surface area contributed by atoms with Crippen molar-refractivity contribution in [3.63, 3.8) is 0 Å². The fourth-order valence-electron chi connectivity index (χ4n) is 2.96. The molecule has 0 spiro atoms. The summed E-state index contributed by atoms with van der Waals surface area (Å²) in [6.07, 6.45) is 0.897. The van der Waals surface area contributed by atoms with Crippen LogP contribution in [0.4, 0.5) is 16.2 Å². The van der Waals surface area contributed by atoms with Gasteiger partial charge in [-0.05, 0) is 56.0 Å². The molecule has 0 saturated carbocycles. The summed E-state index contributed by atoms with van der Waals surface area (Å²) in [4.78, 5) is 14.5. The Morgan fingerprint density at radius 3 is 2.52 bits per heavy atom. The van der Waals surface area contributed by atoms with Crippen LogP contribution in [0.1, 0.15) is 30.5 Å². The zero-order valence-corrected chi connectivity index (χ0v) is 15.7. The van der Waals surface area contributed by atoms with Gasteiger partial charge in [0.2, 0.25) is 0 Å². The molecule has 0 unspecified atom stereocenters. The molecule has 0 fully saturated rings. The molecule has 0 bridgehead atoms. The lowest BCUT2D eigenvalue weighted by Crippen LogP contribution is -2.37. The van der Waals surface area contributed by atoms with Crippen molar-refractivity contribution in [1.29, 1.82) is 0 Å². The Morgan fingerprint density at radius 2 is 1.84 bits per heavy atom. The number of urea groups is 1. The molecule has 25 heavy (non-hydrogen) atoms. The molecule has 0 aliphatic heterocycles. The highest BCUT2D eigenvalue weighted by Crippen LogP contribution is 2.20. The molecular formula is C21H29N3O. The Hall–Kier alpha value is -2.49. The number of amides is 2. The molecule has 0 aliphatic rings. The summed E-state index contributed by atoms with van der Waals surface area (Å²) in [6, 6.07) is 14.4. The number of nitrogens with zero attached hydrogens (tertiary/aromatic N) is 1. The predicted molar refractivity (Wildman–Crippen MR) is 107 cm³/mol. The summed E-state index contributed by atoms with van der Waals surface area (Å²) in [5.74, 6) is 0. The number of likely N-dealkylation sites (N-methyl/N-ethyl adjacent to an activating group) is 1. The maximum Gasteiger partial charge on any atom is 0.319 e. The summed E-state index contributed by atoms with van der Waals surface area (Å²) in [6.45, 7) is 10.6. The van der Waals surface area contributed by atoms with E-state index in [9.17, 15) is 4.79 Å². The van der Waals surface area contributed by atoms with Crippen LogP contribution in [-0.4, -0.2) is 25.7 Å². The van der Waals surface area contributed by atoms with Gasteiger partial charge in [-0.15, -0.1) is 0 Å². The monoisotopic (exact) mass is 339 g/mol. The number of rotatable bonds is 7. The zero-order valence-electron chi connectivity index (χ0n) is 15.7. The van der Waals surface area contributed by atoms with Crippen LogP contribution in [-0.2, 0) is 6.42 Å². The highest BCUT2D eigenvalue weighted by molar-refractivity contribution is 5.91. The number of carbonyl (C=O) groups excluding carboxylic acids is 1. The van der Waals surface area contributed by atoms with E-state index in [2.05, 4.69) is 66.6 Å². The lowest BCUT2D eigenvalue weighted by Gasteiger charge is -2.24. The van der Waals surface area contributed by atoms with Gasteiger partial charge in [-0.3, -0.25) is 0 Å². The predicted octanol–water partition coefficient (Wildman–Crippen LogP) is 4.51. The third kappa shape index (κ3) is 5.24. The van der Waals surface area contributed by atoms with Crippen LogP contribution in [0.15, 0.2) is 42.5 Å². The Kier molecular flexibility index (Phi) is 6.87. The van der Waals surface area contributed by atoms with Gasteiger partial charge in [0.25, 0.3) is 0 Å². The summed E-state index contributed by atoms with van der Waals surface area (Å²) in [7, 11) is 0. The lowest BCUT2D eigenvalue weighted by molar-refractivity contribution is 0.252. The topological polar surface area (TPSA) is 44.4 Å². The highest BCUT2D eigenvalue weighted by atomic mass is 16.2. The van der Waals surface area contributed by atoms with Crippen molar-refractivity contribution in [2.75, 3.05) is 29.9 Å². The molecule has 4 heteroatoms. The molecule has 2 aromatic carbocycles. The van der Waals surface area contributed by atoms with Gasteiger partial charge >= 0.3 is 6.03 Å². The average molecular weight is 339 g/mol. The van der Waals surface area contributed by atoms with E-state index < -0.39 is 0 Å².